The van der Waals surface area contributed by atoms with Gasteiger partial charge in [0.2, 0.25) is 0 Å². The molecule has 0 bridgehead atoms. The van der Waals surface area contributed by atoms with Crippen molar-refractivity contribution >= 4 is 6.03 Å². The lowest BCUT2D eigenvalue weighted by Gasteiger charge is -2.25. The summed E-state index contributed by atoms with van der Waals surface area (Å²) >= 11 is 0. The van der Waals surface area contributed by atoms with Crippen molar-refractivity contribution in [3.8, 4) is 0 Å². The minimum absolute atomic E-state index is 0.0521. The van der Waals surface area contributed by atoms with Crippen molar-refractivity contribution in [2.75, 3.05) is 13.2 Å². The standard InChI is InChI=1S/C18H25N5O2/c1-14(2)21-18(24)23-10-16(9-22-7-6-20-17(22)11-23)13-25-12-15-4-3-5-19-8-15/h3-8,14,16H,9-13H2,1-2H3,(H,21,24)/t16-/m1/s1. The number of nitrogens with zero attached hydrogens (tertiary/aromatic N) is 4. The number of rotatable bonds is 5. The molecule has 0 saturated heterocycles. The number of amides is 2. The number of carbonyl (C=O) groups is 1. The van der Waals surface area contributed by atoms with Crippen molar-refractivity contribution < 1.29 is 9.53 Å². The highest BCUT2D eigenvalue weighted by Gasteiger charge is 2.26. The first-order valence-electron chi connectivity index (χ1n) is 8.64. The summed E-state index contributed by atoms with van der Waals surface area (Å²) in [5.41, 5.74) is 1.05. The molecule has 0 spiro atoms. The molecular formula is C18H25N5O2. The minimum Gasteiger partial charge on any atom is -0.376 e. The van der Waals surface area contributed by atoms with E-state index in [-0.39, 0.29) is 18.0 Å². The van der Waals surface area contributed by atoms with E-state index in [2.05, 4.69) is 19.9 Å². The van der Waals surface area contributed by atoms with Crippen molar-refractivity contribution in [2.24, 2.45) is 5.92 Å². The van der Waals surface area contributed by atoms with Gasteiger partial charge in [-0.15, -0.1) is 0 Å². The summed E-state index contributed by atoms with van der Waals surface area (Å²) in [4.78, 5) is 22.8. The first-order chi connectivity index (χ1) is 12.1. The second-order valence-electron chi connectivity index (χ2n) is 6.72. The third kappa shape index (κ3) is 4.79. The maximum atomic E-state index is 12.5. The summed E-state index contributed by atoms with van der Waals surface area (Å²) in [6, 6.07) is 3.95. The van der Waals surface area contributed by atoms with E-state index in [4.69, 9.17) is 4.74 Å². The number of aromatic nitrogens is 3. The Labute approximate surface area is 148 Å². The molecule has 0 aliphatic carbocycles. The van der Waals surface area contributed by atoms with Crippen LogP contribution in [0.1, 0.15) is 25.2 Å². The molecule has 1 atom stereocenters. The lowest BCUT2D eigenvalue weighted by Crippen LogP contribution is -2.44. The van der Waals surface area contributed by atoms with Crippen molar-refractivity contribution in [1.29, 1.82) is 0 Å². The van der Waals surface area contributed by atoms with E-state index in [9.17, 15) is 4.79 Å². The van der Waals surface area contributed by atoms with E-state index in [1.165, 1.54) is 0 Å². The van der Waals surface area contributed by atoms with Crippen LogP contribution in [-0.2, 0) is 24.4 Å². The van der Waals surface area contributed by atoms with E-state index in [0.29, 0.717) is 26.3 Å². The van der Waals surface area contributed by atoms with Crippen LogP contribution in [0.2, 0.25) is 0 Å². The van der Waals surface area contributed by atoms with E-state index in [1.807, 2.05) is 43.3 Å². The highest BCUT2D eigenvalue weighted by atomic mass is 16.5. The number of fused-ring (bicyclic) bond motifs is 1. The van der Waals surface area contributed by atoms with Gasteiger partial charge in [0, 0.05) is 49.8 Å². The van der Waals surface area contributed by atoms with Gasteiger partial charge in [-0.3, -0.25) is 4.98 Å². The molecule has 7 heteroatoms. The summed E-state index contributed by atoms with van der Waals surface area (Å²) in [7, 11) is 0. The van der Waals surface area contributed by atoms with Crippen LogP contribution in [0, 0.1) is 5.92 Å². The van der Waals surface area contributed by atoms with Gasteiger partial charge in [-0.05, 0) is 25.5 Å². The van der Waals surface area contributed by atoms with E-state index in [1.54, 1.807) is 12.4 Å². The van der Waals surface area contributed by atoms with Gasteiger partial charge >= 0.3 is 6.03 Å². The van der Waals surface area contributed by atoms with Crippen LogP contribution < -0.4 is 5.32 Å². The van der Waals surface area contributed by atoms with Crippen LogP contribution in [0.25, 0.3) is 0 Å². The van der Waals surface area contributed by atoms with Gasteiger partial charge in [0.15, 0.2) is 0 Å². The number of pyridine rings is 1. The Bertz CT molecular complexity index is 686. The Hall–Kier alpha value is -2.41. The highest BCUT2D eigenvalue weighted by Crippen LogP contribution is 2.16. The maximum absolute atomic E-state index is 12.5. The van der Waals surface area contributed by atoms with Gasteiger partial charge in [-0.1, -0.05) is 6.07 Å². The lowest BCUT2D eigenvalue weighted by atomic mass is 10.1. The molecule has 0 radical (unpaired) electrons. The molecule has 0 unspecified atom stereocenters. The number of imidazole rings is 1. The fourth-order valence-corrected chi connectivity index (χ4v) is 2.97. The van der Waals surface area contributed by atoms with E-state index in [0.717, 1.165) is 17.9 Å². The maximum Gasteiger partial charge on any atom is 0.318 e. The number of ether oxygens (including phenoxy) is 1. The summed E-state index contributed by atoms with van der Waals surface area (Å²) in [6.45, 7) is 7.00. The largest absolute Gasteiger partial charge is 0.376 e. The summed E-state index contributed by atoms with van der Waals surface area (Å²) in [6.07, 6.45) is 7.31. The van der Waals surface area contributed by atoms with Crippen LogP contribution in [0.5, 0.6) is 0 Å². The molecule has 2 amide bonds. The molecule has 25 heavy (non-hydrogen) atoms. The predicted octanol–water partition coefficient (Wildman–Crippen LogP) is 2.04. The second-order valence-corrected chi connectivity index (χ2v) is 6.72. The van der Waals surface area contributed by atoms with Crippen LogP contribution in [0.4, 0.5) is 4.79 Å². The number of hydrogen-bond acceptors (Lipinski definition) is 4. The molecule has 0 fully saturated rings. The third-order valence-corrected chi connectivity index (χ3v) is 4.11. The average Bonchev–Trinajstić information content (AvgIpc) is 2.93. The molecule has 1 N–H and O–H groups in total. The minimum atomic E-state index is -0.0521. The molecule has 2 aromatic rings. The third-order valence-electron chi connectivity index (χ3n) is 4.11. The molecule has 0 aromatic carbocycles. The molecule has 1 aliphatic rings. The Kier molecular flexibility index (Phi) is 5.65. The first-order valence-corrected chi connectivity index (χ1v) is 8.64. The number of urea groups is 1. The molecule has 7 nitrogen and oxygen atoms in total. The van der Waals surface area contributed by atoms with Crippen LogP contribution in [0.3, 0.4) is 0 Å². The molecule has 1 aliphatic heterocycles. The highest BCUT2D eigenvalue weighted by molar-refractivity contribution is 5.74. The fraction of sp³-hybridized carbons (Fsp3) is 0.500. The summed E-state index contributed by atoms with van der Waals surface area (Å²) < 4.78 is 8.00. The zero-order valence-corrected chi connectivity index (χ0v) is 14.8. The first kappa shape index (κ1) is 17.4. The predicted molar refractivity (Wildman–Crippen MR) is 93.7 cm³/mol. The summed E-state index contributed by atoms with van der Waals surface area (Å²) in [5.74, 6) is 1.12. The Morgan fingerprint density at radius 1 is 1.40 bits per heavy atom. The van der Waals surface area contributed by atoms with Gasteiger partial charge in [-0.2, -0.15) is 0 Å². The Balaban J connectivity index is 1.63. The van der Waals surface area contributed by atoms with Gasteiger partial charge in [0.1, 0.15) is 5.82 Å². The van der Waals surface area contributed by atoms with Crippen LogP contribution in [0.15, 0.2) is 36.9 Å². The van der Waals surface area contributed by atoms with Gasteiger partial charge in [0.05, 0.1) is 19.8 Å². The number of carbonyl (C=O) groups excluding carboxylic acids is 1. The van der Waals surface area contributed by atoms with Gasteiger partial charge in [-0.25, -0.2) is 9.78 Å². The van der Waals surface area contributed by atoms with E-state index >= 15 is 0 Å². The SMILES string of the molecule is CC(C)NC(=O)N1Cc2nccn2C[C@@H](COCc2cccnc2)C1. The van der Waals surface area contributed by atoms with Crippen molar-refractivity contribution in [3.05, 3.63) is 48.3 Å². The van der Waals surface area contributed by atoms with Gasteiger partial charge < -0.3 is 19.5 Å². The van der Waals surface area contributed by atoms with E-state index < -0.39 is 0 Å². The van der Waals surface area contributed by atoms with Crippen LogP contribution in [-0.4, -0.2) is 44.7 Å². The van der Waals surface area contributed by atoms with Crippen molar-refractivity contribution in [3.63, 3.8) is 0 Å². The molecule has 3 heterocycles. The molecular weight excluding hydrogens is 318 g/mol. The van der Waals surface area contributed by atoms with Gasteiger partial charge in [0.25, 0.3) is 0 Å². The molecule has 0 saturated carbocycles. The molecule has 3 rings (SSSR count). The Morgan fingerprint density at radius 3 is 3.04 bits per heavy atom. The quantitative estimate of drug-likeness (QED) is 0.902. The van der Waals surface area contributed by atoms with Crippen molar-refractivity contribution in [2.45, 2.75) is 39.6 Å². The number of hydrogen-bond donors (Lipinski definition) is 1. The van der Waals surface area contributed by atoms with Crippen molar-refractivity contribution in [1.82, 2.24) is 24.8 Å². The molecule has 2 aromatic heterocycles. The lowest BCUT2D eigenvalue weighted by molar-refractivity contribution is 0.0716. The number of nitrogens with one attached hydrogen (secondary N) is 1. The van der Waals surface area contributed by atoms with Crippen LogP contribution >= 0.6 is 0 Å². The zero-order valence-electron chi connectivity index (χ0n) is 14.8. The normalized spacial score (nSPS) is 17.2. The molecule has 134 valence electrons. The topological polar surface area (TPSA) is 72.3 Å². The fourth-order valence-electron chi connectivity index (χ4n) is 2.97. The summed E-state index contributed by atoms with van der Waals surface area (Å²) in [5, 5.41) is 2.97. The second kappa shape index (κ2) is 8.11. The smallest absolute Gasteiger partial charge is 0.318 e. The Morgan fingerprint density at radius 2 is 2.28 bits per heavy atom. The zero-order chi connectivity index (χ0) is 17.6. The monoisotopic (exact) mass is 343 g/mol. The average molecular weight is 343 g/mol.